The van der Waals surface area contributed by atoms with Gasteiger partial charge in [0, 0.05) is 37.0 Å². The molecule has 5 aromatic rings. The molecule has 7 nitrogen and oxygen atoms in total. The molecule has 0 bridgehead atoms. The number of fused-ring (bicyclic) bond motifs is 1. The van der Waals surface area contributed by atoms with Gasteiger partial charge in [-0.15, -0.1) is 11.3 Å². The monoisotopic (exact) mass is 513 g/mol. The Morgan fingerprint density at radius 1 is 0.917 bits per heavy atom. The number of amides is 1. The van der Waals surface area contributed by atoms with Crippen molar-refractivity contribution in [2.75, 3.05) is 31.6 Å². The Labute approximate surface area is 216 Å². The van der Waals surface area contributed by atoms with Crippen LogP contribution in [0.2, 0.25) is 0 Å². The lowest BCUT2D eigenvalue weighted by Gasteiger charge is -2.26. The van der Waals surface area contributed by atoms with Gasteiger partial charge in [-0.3, -0.25) is 9.69 Å². The van der Waals surface area contributed by atoms with Crippen molar-refractivity contribution in [3.05, 3.63) is 83.5 Å². The van der Waals surface area contributed by atoms with E-state index in [2.05, 4.69) is 15.2 Å². The molecule has 0 atom stereocenters. The van der Waals surface area contributed by atoms with Crippen LogP contribution in [0.5, 0.6) is 0 Å². The van der Waals surface area contributed by atoms with Crippen LogP contribution in [0.25, 0.3) is 31.5 Å². The summed E-state index contributed by atoms with van der Waals surface area (Å²) in [6.07, 6.45) is 1.76. The second kappa shape index (κ2) is 10.2. The standard InChI is InChI=1S/C27H23N5O2S2/c33-24(29-20-10-5-4-9-19(20)26-30-21-11-6-12-28-27(21)36-26)23-22(17-32-13-15-34-16-14-32)35-25(31-23)18-7-2-1-3-8-18/h1-12H,13-17H2,(H,29,33). The minimum absolute atomic E-state index is 0.219. The van der Waals surface area contributed by atoms with Crippen LogP contribution in [0, 0.1) is 0 Å². The third-order valence-corrected chi connectivity index (χ3v) is 8.08. The number of hydrogen-bond acceptors (Lipinski definition) is 8. The number of ether oxygens (including phenoxy) is 1. The first-order chi connectivity index (χ1) is 17.7. The molecule has 1 saturated heterocycles. The number of nitrogens with one attached hydrogen (secondary N) is 1. The maximum Gasteiger partial charge on any atom is 0.275 e. The number of hydrogen-bond donors (Lipinski definition) is 1. The van der Waals surface area contributed by atoms with E-state index in [0.717, 1.165) is 49.5 Å². The number of nitrogens with zero attached hydrogens (tertiary/aromatic N) is 4. The lowest BCUT2D eigenvalue weighted by atomic mass is 10.1. The van der Waals surface area contributed by atoms with Crippen molar-refractivity contribution in [2.45, 2.75) is 6.54 Å². The molecule has 0 radical (unpaired) electrons. The Morgan fingerprint density at radius 3 is 2.56 bits per heavy atom. The van der Waals surface area contributed by atoms with E-state index in [4.69, 9.17) is 14.7 Å². The van der Waals surface area contributed by atoms with Crippen molar-refractivity contribution in [2.24, 2.45) is 0 Å². The van der Waals surface area contributed by atoms with Crippen LogP contribution in [-0.2, 0) is 11.3 Å². The van der Waals surface area contributed by atoms with Crippen molar-refractivity contribution in [3.63, 3.8) is 0 Å². The topological polar surface area (TPSA) is 80.2 Å². The quantitative estimate of drug-likeness (QED) is 0.320. The predicted octanol–water partition coefficient (Wildman–Crippen LogP) is 5.57. The van der Waals surface area contributed by atoms with E-state index in [1.807, 2.05) is 66.7 Å². The molecule has 0 unspecified atom stereocenters. The normalized spacial score (nSPS) is 14.2. The van der Waals surface area contributed by atoms with E-state index < -0.39 is 0 Å². The lowest BCUT2D eigenvalue weighted by molar-refractivity contribution is 0.0345. The van der Waals surface area contributed by atoms with Crippen LogP contribution in [-0.4, -0.2) is 52.1 Å². The number of para-hydroxylation sites is 1. The molecule has 0 saturated carbocycles. The SMILES string of the molecule is O=C(Nc1ccccc1-c1nc2cccnc2s1)c1nc(-c2ccccc2)sc1CN1CCOCC1. The van der Waals surface area contributed by atoms with Crippen LogP contribution < -0.4 is 5.32 Å². The molecule has 180 valence electrons. The van der Waals surface area contributed by atoms with Crippen molar-refractivity contribution < 1.29 is 9.53 Å². The van der Waals surface area contributed by atoms with Gasteiger partial charge in [0.25, 0.3) is 5.91 Å². The van der Waals surface area contributed by atoms with Gasteiger partial charge in [-0.1, -0.05) is 53.8 Å². The summed E-state index contributed by atoms with van der Waals surface area (Å²) in [5.74, 6) is -0.219. The van der Waals surface area contributed by atoms with E-state index >= 15 is 0 Å². The number of thiazole rings is 2. The van der Waals surface area contributed by atoms with E-state index in [1.165, 1.54) is 11.3 Å². The largest absolute Gasteiger partial charge is 0.379 e. The number of anilines is 1. The number of carbonyl (C=O) groups is 1. The van der Waals surface area contributed by atoms with Gasteiger partial charge < -0.3 is 10.1 Å². The molecule has 1 amide bonds. The Bertz CT molecular complexity index is 1480. The van der Waals surface area contributed by atoms with Gasteiger partial charge in [-0.05, 0) is 24.3 Å². The average Bonchev–Trinajstić information content (AvgIpc) is 3.55. The highest BCUT2D eigenvalue weighted by molar-refractivity contribution is 7.21. The summed E-state index contributed by atoms with van der Waals surface area (Å²) in [4.78, 5) is 31.7. The van der Waals surface area contributed by atoms with Crippen LogP contribution in [0.3, 0.4) is 0 Å². The van der Waals surface area contributed by atoms with Crippen molar-refractivity contribution >= 4 is 44.6 Å². The molecule has 3 aromatic heterocycles. The highest BCUT2D eigenvalue weighted by Crippen LogP contribution is 2.35. The van der Waals surface area contributed by atoms with Crippen LogP contribution in [0.15, 0.2) is 72.9 Å². The Morgan fingerprint density at radius 2 is 1.72 bits per heavy atom. The highest BCUT2D eigenvalue weighted by atomic mass is 32.1. The smallest absolute Gasteiger partial charge is 0.275 e. The van der Waals surface area contributed by atoms with E-state index in [-0.39, 0.29) is 5.91 Å². The van der Waals surface area contributed by atoms with Crippen LogP contribution >= 0.6 is 22.7 Å². The zero-order valence-corrected chi connectivity index (χ0v) is 21.0. The van der Waals surface area contributed by atoms with E-state index in [1.54, 1.807) is 17.5 Å². The molecular weight excluding hydrogens is 490 g/mol. The predicted molar refractivity (Wildman–Crippen MR) is 144 cm³/mol. The van der Waals surface area contributed by atoms with Gasteiger partial charge >= 0.3 is 0 Å². The van der Waals surface area contributed by atoms with Gasteiger partial charge in [-0.2, -0.15) is 0 Å². The summed E-state index contributed by atoms with van der Waals surface area (Å²) in [7, 11) is 0. The number of benzene rings is 2. The summed E-state index contributed by atoms with van der Waals surface area (Å²) in [5.41, 5.74) is 3.88. The molecule has 9 heteroatoms. The molecule has 0 spiro atoms. The Balaban J connectivity index is 1.33. The molecular formula is C27H23N5O2S2. The molecule has 2 aromatic carbocycles. The zero-order valence-electron chi connectivity index (χ0n) is 19.4. The molecule has 1 fully saturated rings. The fraction of sp³-hybridized carbons (Fsp3) is 0.185. The fourth-order valence-electron chi connectivity index (χ4n) is 4.15. The van der Waals surface area contributed by atoms with Gasteiger partial charge in [-0.25, -0.2) is 15.0 Å². The van der Waals surface area contributed by atoms with Gasteiger partial charge in [0.1, 0.15) is 26.1 Å². The molecule has 6 rings (SSSR count). The number of rotatable bonds is 6. The number of carbonyl (C=O) groups excluding carboxylic acids is 1. The highest BCUT2D eigenvalue weighted by Gasteiger charge is 2.23. The summed E-state index contributed by atoms with van der Waals surface area (Å²) in [5, 5.41) is 4.78. The molecule has 1 aliphatic heterocycles. The maximum absolute atomic E-state index is 13.6. The first kappa shape index (κ1) is 22.9. The van der Waals surface area contributed by atoms with Gasteiger partial charge in [0.15, 0.2) is 0 Å². The first-order valence-electron chi connectivity index (χ1n) is 11.7. The van der Waals surface area contributed by atoms with Gasteiger partial charge in [0.05, 0.1) is 23.8 Å². The molecule has 36 heavy (non-hydrogen) atoms. The Kier molecular flexibility index (Phi) is 6.52. The number of aromatic nitrogens is 3. The summed E-state index contributed by atoms with van der Waals surface area (Å²) >= 11 is 3.09. The minimum Gasteiger partial charge on any atom is -0.379 e. The minimum atomic E-state index is -0.219. The second-order valence-corrected chi connectivity index (χ2v) is 10.5. The fourth-order valence-corrected chi connectivity index (χ4v) is 6.20. The molecule has 1 N–H and O–H groups in total. The summed E-state index contributed by atoms with van der Waals surface area (Å²) in [6.45, 7) is 3.76. The lowest BCUT2D eigenvalue weighted by Crippen LogP contribution is -2.35. The van der Waals surface area contributed by atoms with E-state index in [0.29, 0.717) is 31.1 Å². The molecule has 0 aliphatic carbocycles. The van der Waals surface area contributed by atoms with Gasteiger partial charge in [0.2, 0.25) is 0 Å². The second-order valence-electron chi connectivity index (χ2n) is 8.39. The average molecular weight is 514 g/mol. The van der Waals surface area contributed by atoms with Crippen molar-refractivity contribution in [3.8, 4) is 21.1 Å². The number of morpholine rings is 1. The molecule has 1 aliphatic rings. The van der Waals surface area contributed by atoms with E-state index in [9.17, 15) is 4.79 Å². The maximum atomic E-state index is 13.6. The third-order valence-electron chi connectivity index (χ3n) is 5.98. The summed E-state index contributed by atoms with van der Waals surface area (Å²) in [6, 6.07) is 21.6. The van der Waals surface area contributed by atoms with Crippen LogP contribution in [0.1, 0.15) is 15.4 Å². The summed E-state index contributed by atoms with van der Waals surface area (Å²) < 4.78 is 5.50. The van der Waals surface area contributed by atoms with Crippen LogP contribution in [0.4, 0.5) is 5.69 Å². The first-order valence-corrected chi connectivity index (χ1v) is 13.4. The van der Waals surface area contributed by atoms with Crippen molar-refractivity contribution in [1.29, 1.82) is 0 Å². The van der Waals surface area contributed by atoms with Crippen molar-refractivity contribution in [1.82, 2.24) is 19.9 Å². The molecule has 4 heterocycles. The third kappa shape index (κ3) is 4.78. The zero-order chi connectivity index (χ0) is 24.3. The number of pyridine rings is 1. The Hall–Kier alpha value is -3.50.